The summed E-state index contributed by atoms with van der Waals surface area (Å²) in [5.74, 6) is -0.718. The number of amides is 1. The van der Waals surface area contributed by atoms with Crippen molar-refractivity contribution >= 4 is 29.3 Å². The van der Waals surface area contributed by atoms with E-state index in [1.807, 2.05) is 0 Å². The normalized spacial score (nSPS) is 10.0. The van der Waals surface area contributed by atoms with E-state index in [0.717, 1.165) is 0 Å². The van der Waals surface area contributed by atoms with E-state index in [2.05, 4.69) is 5.32 Å². The number of carbonyl (C=O) groups excluding carboxylic acids is 3. The molecule has 2 rings (SSSR count). The zero-order valence-electron chi connectivity index (χ0n) is 14.8. The van der Waals surface area contributed by atoms with Gasteiger partial charge in [-0.05, 0) is 42.5 Å². The maximum atomic E-state index is 12.1. The number of hydrogen-bond acceptors (Lipinski definition) is 6. The minimum absolute atomic E-state index is 0.290. The van der Waals surface area contributed by atoms with Gasteiger partial charge in [-0.15, -0.1) is 0 Å². The van der Waals surface area contributed by atoms with Gasteiger partial charge in [0, 0.05) is 16.1 Å². The molecule has 0 saturated carbocycles. The molecule has 0 aliphatic heterocycles. The van der Waals surface area contributed by atoms with Gasteiger partial charge in [-0.3, -0.25) is 14.4 Å². The molecule has 0 spiro atoms. The summed E-state index contributed by atoms with van der Waals surface area (Å²) in [4.78, 5) is 35.8. The molecule has 1 amide bonds. The Morgan fingerprint density at radius 2 is 1.56 bits per heavy atom. The Morgan fingerprint density at radius 3 is 2.19 bits per heavy atom. The summed E-state index contributed by atoms with van der Waals surface area (Å²) >= 11 is 5.75. The van der Waals surface area contributed by atoms with Gasteiger partial charge in [0.1, 0.15) is 6.54 Å². The van der Waals surface area contributed by atoms with Crippen molar-refractivity contribution in [2.75, 3.05) is 27.4 Å². The molecule has 0 radical (unpaired) electrons. The number of ether oxygens (including phenoxy) is 3. The lowest BCUT2D eigenvalue weighted by Crippen LogP contribution is -2.31. The fourth-order valence-corrected chi connectivity index (χ4v) is 2.27. The maximum Gasteiger partial charge on any atom is 0.325 e. The lowest BCUT2D eigenvalue weighted by molar-refractivity contribution is -0.141. The first-order chi connectivity index (χ1) is 12.9. The largest absolute Gasteiger partial charge is 0.493 e. The third kappa shape index (κ3) is 5.72. The minimum atomic E-state index is -0.730. The fraction of sp³-hybridized carbons (Fsp3) is 0.211. The van der Waals surface area contributed by atoms with Crippen LogP contribution in [-0.2, 0) is 9.53 Å². The van der Waals surface area contributed by atoms with E-state index < -0.39 is 18.5 Å². The maximum absolute atomic E-state index is 12.1. The van der Waals surface area contributed by atoms with Crippen LogP contribution in [-0.4, -0.2) is 45.0 Å². The van der Waals surface area contributed by atoms with Crippen molar-refractivity contribution in [3.05, 3.63) is 58.6 Å². The van der Waals surface area contributed by atoms with Gasteiger partial charge in [0.2, 0.25) is 0 Å². The van der Waals surface area contributed by atoms with Gasteiger partial charge in [-0.1, -0.05) is 11.6 Å². The molecule has 0 fully saturated rings. The first-order valence-corrected chi connectivity index (χ1v) is 8.27. The van der Waals surface area contributed by atoms with E-state index >= 15 is 0 Å². The second kappa shape index (κ2) is 9.59. The lowest BCUT2D eigenvalue weighted by Gasteiger charge is -2.10. The second-order valence-electron chi connectivity index (χ2n) is 5.34. The Bertz CT molecular complexity index is 835. The molecular formula is C19H18ClNO6. The third-order valence-corrected chi connectivity index (χ3v) is 3.82. The van der Waals surface area contributed by atoms with E-state index in [1.165, 1.54) is 38.5 Å². The molecule has 27 heavy (non-hydrogen) atoms. The van der Waals surface area contributed by atoms with Crippen LogP contribution < -0.4 is 14.8 Å². The zero-order valence-corrected chi connectivity index (χ0v) is 15.5. The number of benzene rings is 2. The van der Waals surface area contributed by atoms with Crippen LogP contribution in [0.15, 0.2) is 42.5 Å². The van der Waals surface area contributed by atoms with E-state index in [4.69, 9.17) is 25.8 Å². The van der Waals surface area contributed by atoms with Crippen LogP contribution in [0.25, 0.3) is 0 Å². The van der Waals surface area contributed by atoms with Crippen LogP contribution in [0.2, 0.25) is 5.02 Å². The number of ketones is 1. The first-order valence-electron chi connectivity index (χ1n) is 7.89. The van der Waals surface area contributed by atoms with Crippen LogP contribution in [0, 0.1) is 0 Å². The molecule has 8 heteroatoms. The molecule has 0 aliphatic rings. The summed E-state index contributed by atoms with van der Waals surface area (Å²) in [6.45, 7) is -0.798. The van der Waals surface area contributed by atoms with E-state index in [-0.39, 0.29) is 17.9 Å². The number of halogens is 1. The summed E-state index contributed by atoms with van der Waals surface area (Å²) in [7, 11) is 2.94. The monoisotopic (exact) mass is 391 g/mol. The van der Waals surface area contributed by atoms with Gasteiger partial charge in [-0.25, -0.2) is 0 Å². The van der Waals surface area contributed by atoms with Crippen molar-refractivity contribution in [3.63, 3.8) is 0 Å². The molecule has 0 aromatic heterocycles. The average Bonchev–Trinajstić information content (AvgIpc) is 2.70. The molecule has 142 valence electrons. The zero-order chi connectivity index (χ0) is 19.8. The average molecular weight is 392 g/mol. The van der Waals surface area contributed by atoms with Crippen LogP contribution in [0.5, 0.6) is 11.5 Å². The summed E-state index contributed by atoms with van der Waals surface area (Å²) in [6, 6.07) is 10.8. The summed E-state index contributed by atoms with van der Waals surface area (Å²) < 4.78 is 15.1. The molecule has 0 heterocycles. The molecule has 0 aliphatic carbocycles. The Balaban J connectivity index is 1.83. The topological polar surface area (TPSA) is 90.9 Å². The SMILES string of the molecule is COc1ccc(C(=O)NCC(=O)OCC(=O)c2ccc(Cl)cc2)cc1OC. The minimum Gasteiger partial charge on any atom is -0.493 e. The van der Waals surface area contributed by atoms with Crippen LogP contribution >= 0.6 is 11.6 Å². The van der Waals surface area contributed by atoms with Crippen molar-refractivity contribution in [2.45, 2.75) is 0 Å². The van der Waals surface area contributed by atoms with Crippen molar-refractivity contribution in [2.24, 2.45) is 0 Å². The first kappa shape index (κ1) is 20.3. The van der Waals surface area contributed by atoms with Crippen molar-refractivity contribution < 1.29 is 28.6 Å². The molecule has 0 unspecified atom stereocenters. The lowest BCUT2D eigenvalue weighted by atomic mass is 10.1. The highest BCUT2D eigenvalue weighted by atomic mass is 35.5. The number of rotatable bonds is 8. The van der Waals surface area contributed by atoms with Gasteiger partial charge in [0.25, 0.3) is 5.91 Å². The van der Waals surface area contributed by atoms with Crippen LogP contribution in [0.1, 0.15) is 20.7 Å². The van der Waals surface area contributed by atoms with Gasteiger partial charge in [0.15, 0.2) is 23.9 Å². The molecular weight excluding hydrogens is 374 g/mol. The number of esters is 1. The third-order valence-electron chi connectivity index (χ3n) is 3.57. The van der Waals surface area contributed by atoms with Gasteiger partial charge >= 0.3 is 5.97 Å². The molecule has 0 atom stereocenters. The number of nitrogens with one attached hydrogen (secondary N) is 1. The summed E-state index contributed by atoms with van der Waals surface area (Å²) in [6.07, 6.45) is 0. The predicted octanol–water partition coefficient (Wildman–Crippen LogP) is 2.51. The summed E-state index contributed by atoms with van der Waals surface area (Å²) in [5, 5.41) is 2.92. The number of carbonyl (C=O) groups is 3. The van der Waals surface area contributed by atoms with E-state index in [0.29, 0.717) is 22.1 Å². The predicted molar refractivity (Wildman–Crippen MR) is 98.6 cm³/mol. The van der Waals surface area contributed by atoms with Gasteiger partial charge < -0.3 is 19.5 Å². The Labute approximate surface area is 161 Å². The fourth-order valence-electron chi connectivity index (χ4n) is 2.15. The highest BCUT2D eigenvalue weighted by Gasteiger charge is 2.14. The smallest absolute Gasteiger partial charge is 0.325 e. The van der Waals surface area contributed by atoms with Gasteiger partial charge in [-0.2, -0.15) is 0 Å². The standard InChI is InChI=1S/C19H18ClNO6/c1-25-16-8-5-13(9-17(16)26-2)19(24)21-10-18(23)27-11-15(22)12-3-6-14(20)7-4-12/h3-9H,10-11H2,1-2H3,(H,21,24). The molecule has 1 N–H and O–H groups in total. The Hall–Kier alpha value is -3.06. The quantitative estimate of drug-likeness (QED) is 0.549. The number of methoxy groups -OCH3 is 2. The second-order valence-corrected chi connectivity index (χ2v) is 5.78. The van der Waals surface area contributed by atoms with Crippen molar-refractivity contribution in [1.82, 2.24) is 5.32 Å². The summed E-state index contributed by atoms with van der Waals surface area (Å²) in [5.41, 5.74) is 0.666. The van der Waals surface area contributed by atoms with E-state index in [1.54, 1.807) is 18.2 Å². The van der Waals surface area contributed by atoms with E-state index in [9.17, 15) is 14.4 Å². The Morgan fingerprint density at radius 1 is 0.926 bits per heavy atom. The van der Waals surface area contributed by atoms with Gasteiger partial charge in [0.05, 0.1) is 14.2 Å². The van der Waals surface area contributed by atoms with Crippen LogP contribution in [0.4, 0.5) is 0 Å². The Kier molecular flexibility index (Phi) is 7.19. The number of Topliss-reactive ketones (excluding diaryl/α,β-unsaturated/α-hetero) is 1. The molecule has 2 aromatic carbocycles. The number of hydrogen-bond donors (Lipinski definition) is 1. The molecule has 0 bridgehead atoms. The van der Waals surface area contributed by atoms with Crippen molar-refractivity contribution in [3.8, 4) is 11.5 Å². The molecule has 2 aromatic rings. The highest BCUT2D eigenvalue weighted by molar-refractivity contribution is 6.30. The van der Waals surface area contributed by atoms with Crippen molar-refractivity contribution in [1.29, 1.82) is 0 Å². The van der Waals surface area contributed by atoms with Crippen LogP contribution in [0.3, 0.4) is 0 Å². The molecule has 0 saturated heterocycles. The molecule has 7 nitrogen and oxygen atoms in total. The highest BCUT2D eigenvalue weighted by Crippen LogP contribution is 2.27.